The van der Waals surface area contributed by atoms with Crippen LogP contribution in [0.15, 0.2) is 24.3 Å². The van der Waals surface area contributed by atoms with E-state index in [-0.39, 0.29) is 10.2 Å². The van der Waals surface area contributed by atoms with E-state index in [1.807, 2.05) is 13.0 Å². The highest BCUT2D eigenvalue weighted by Gasteiger charge is 2.35. The number of aromatic amines is 1. The van der Waals surface area contributed by atoms with Gasteiger partial charge < -0.3 is 0 Å². The van der Waals surface area contributed by atoms with E-state index in [0.717, 1.165) is 5.56 Å². The van der Waals surface area contributed by atoms with Crippen molar-refractivity contribution in [2.24, 2.45) is 0 Å². The van der Waals surface area contributed by atoms with E-state index < -0.39 is 11.9 Å². The molecule has 18 heavy (non-hydrogen) atoms. The Morgan fingerprint density at radius 1 is 1.22 bits per heavy atom. The summed E-state index contributed by atoms with van der Waals surface area (Å²) in [7, 11) is 0. The summed E-state index contributed by atoms with van der Waals surface area (Å²) in [5.41, 5.74) is 0.793. The number of nitrogens with zero attached hydrogens (tertiary/aromatic N) is 1. The highest BCUT2D eigenvalue weighted by atomic mass is 32.1. The molecule has 1 aromatic heterocycles. The molecule has 0 saturated heterocycles. The fraction of sp³-hybridized carbons (Fsp3) is 0.250. The predicted molar refractivity (Wildman–Crippen MR) is 65.4 cm³/mol. The lowest BCUT2D eigenvalue weighted by molar-refractivity contribution is -0.141. The van der Waals surface area contributed by atoms with Crippen LogP contribution in [0.3, 0.4) is 0 Å². The first-order valence-electron chi connectivity index (χ1n) is 5.26. The van der Waals surface area contributed by atoms with Crippen molar-refractivity contribution in [2.45, 2.75) is 20.0 Å². The second kappa shape index (κ2) is 4.28. The Morgan fingerprint density at radius 2 is 1.89 bits per heavy atom. The number of H-pyrrole nitrogens is 1. The Labute approximate surface area is 107 Å². The largest absolute Gasteiger partial charge is 0.433 e. The summed E-state index contributed by atoms with van der Waals surface area (Å²) in [5.74, 6) is 0. The molecular weight excluding hydrogens is 261 g/mol. The third-order valence-corrected chi connectivity index (χ3v) is 3.15. The third-order valence-electron chi connectivity index (χ3n) is 2.67. The molecule has 2 aromatic rings. The maximum atomic E-state index is 12.7. The summed E-state index contributed by atoms with van der Waals surface area (Å²) < 4.78 is 39.7. The summed E-state index contributed by atoms with van der Waals surface area (Å²) in [5, 5.41) is 2.32. The van der Waals surface area contributed by atoms with E-state index in [1.54, 1.807) is 18.2 Å². The van der Waals surface area contributed by atoms with Crippen LogP contribution in [0.2, 0.25) is 0 Å². The average molecular weight is 272 g/mol. The Hall–Kier alpha value is -1.56. The minimum atomic E-state index is -4.42. The molecule has 1 aromatic carbocycles. The Kier molecular flexibility index (Phi) is 3.06. The number of nitrogens with one attached hydrogen (secondary N) is 1. The van der Waals surface area contributed by atoms with Crippen molar-refractivity contribution < 1.29 is 13.2 Å². The summed E-state index contributed by atoms with van der Waals surface area (Å²) >= 11 is 5.04. The molecule has 0 unspecified atom stereocenters. The molecule has 2 rings (SSSR count). The van der Waals surface area contributed by atoms with Crippen LogP contribution in [-0.4, -0.2) is 9.78 Å². The van der Waals surface area contributed by atoms with Crippen LogP contribution in [0, 0.1) is 18.5 Å². The van der Waals surface area contributed by atoms with E-state index in [9.17, 15) is 13.2 Å². The highest BCUT2D eigenvalue weighted by molar-refractivity contribution is 7.71. The maximum absolute atomic E-state index is 12.7. The number of benzene rings is 1. The van der Waals surface area contributed by atoms with Gasteiger partial charge >= 0.3 is 6.18 Å². The zero-order valence-corrected chi connectivity index (χ0v) is 10.6. The van der Waals surface area contributed by atoms with Crippen molar-refractivity contribution in [3.8, 4) is 5.69 Å². The molecule has 0 saturated carbocycles. The smallest absolute Gasteiger partial charge is 0.288 e. The van der Waals surface area contributed by atoms with E-state index in [2.05, 4.69) is 5.10 Å². The topological polar surface area (TPSA) is 20.7 Å². The molecule has 0 amide bonds. The van der Waals surface area contributed by atoms with Crippen LogP contribution >= 0.6 is 12.2 Å². The fourth-order valence-corrected chi connectivity index (χ4v) is 2.00. The van der Waals surface area contributed by atoms with Gasteiger partial charge in [-0.1, -0.05) is 24.4 Å². The van der Waals surface area contributed by atoms with Gasteiger partial charge in [-0.25, -0.2) is 4.68 Å². The van der Waals surface area contributed by atoms with Crippen molar-refractivity contribution in [2.75, 3.05) is 0 Å². The van der Waals surface area contributed by atoms with Gasteiger partial charge in [-0.3, -0.25) is 5.10 Å². The maximum Gasteiger partial charge on any atom is 0.433 e. The molecule has 0 atom stereocenters. The minimum absolute atomic E-state index is 0.0407. The molecule has 0 aliphatic rings. The summed E-state index contributed by atoms with van der Waals surface area (Å²) in [6.45, 7) is 3.24. The second-order valence-corrected chi connectivity index (χ2v) is 4.48. The van der Waals surface area contributed by atoms with Gasteiger partial charge in [0, 0.05) is 5.56 Å². The van der Waals surface area contributed by atoms with Gasteiger partial charge in [-0.2, -0.15) is 13.2 Å². The number of hydrogen-bond acceptors (Lipinski definition) is 1. The molecule has 0 aliphatic heterocycles. The van der Waals surface area contributed by atoms with Crippen molar-refractivity contribution >= 4 is 12.2 Å². The highest BCUT2D eigenvalue weighted by Crippen LogP contribution is 2.31. The lowest BCUT2D eigenvalue weighted by Crippen LogP contribution is -2.08. The van der Waals surface area contributed by atoms with Crippen LogP contribution < -0.4 is 0 Å². The van der Waals surface area contributed by atoms with Gasteiger partial charge in [0.15, 0.2) is 0 Å². The summed E-state index contributed by atoms with van der Waals surface area (Å²) in [6.07, 6.45) is -4.42. The van der Waals surface area contributed by atoms with E-state index in [4.69, 9.17) is 12.2 Å². The molecule has 0 fully saturated rings. The zero-order valence-electron chi connectivity index (χ0n) is 9.80. The molecule has 1 N–H and O–H groups in total. The van der Waals surface area contributed by atoms with Gasteiger partial charge in [-0.05, 0) is 31.5 Å². The molecule has 0 aliphatic carbocycles. The van der Waals surface area contributed by atoms with Gasteiger partial charge in [0.05, 0.1) is 5.69 Å². The Bertz CT molecular complexity index is 638. The average Bonchev–Trinajstić information content (AvgIpc) is 2.55. The molecule has 2 nitrogen and oxygen atoms in total. The first-order valence-corrected chi connectivity index (χ1v) is 5.67. The summed E-state index contributed by atoms with van der Waals surface area (Å²) in [6, 6.07) is 7.12. The molecule has 96 valence electrons. The van der Waals surface area contributed by atoms with Crippen molar-refractivity contribution in [1.29, 1.82) is 0 Å². The van der Waals surface area contributed by atoms with Crippen LogP contribution in [0.4, 0.5) is 13.2 Å². The van der Waals surface area contributed by atoms with Crippen LogP contribution in [0.1, 0.15) is 16.8 Å². The SMILES string of the molecule is Cc1cccc(-n2[nH]c(C(F)(F)F)c(C)c2=S)c1. The van der Waals surface area contributed by atoms with Crippen LogP contribution in [-0.2, 0) is 6.18 Å². The summed E-state index contributed by atoms with van der Waals surface area (Å²) in [4.78, 5) is 0. The fourth-order valence-electron chi connectivity index (χ4n) is 1.75. The normalized spacial score (nSPS) is 11.8. The second-order valence-electron chi connectivity index (χ2n) is 4.09. The van der Waals surface area contributed by atoms with Gasteiger partial charge in [0.25, 0.3) is 0 Å². The van der Waals surface area contributed by atoms with Crippen LogP contribution in [0.5, 0.6) is 0 Å². The van der Waals surface area contributed by atoms with Gasteiger partial charge in [0.2, 0.25) is 0 Å². The standard InChI is InChI=1S/C12H11F3N2S/c1-7-4-3-5-9(6-7)17-11(18)8(2)10(16-17)12(13,14)15/h3-6,16H,1-2H3. The van der Waals surface area contributed by atoms with Gasteiger partial charge in [-0.15, -0.1) is 0 Å². The van der Waals surface area contributed by atoms with E-state index in [1.165, 1.54) is 11.6 Å². The van der Waals surface area contributed by atoms with Crippen molar-refractivity contribution in [3.63, 3.8) is 0 Å². The number of halogens is 3. The molecule has 6 heteroatoms. The predicted octanol–water partition coefficient (Wildman–Crippen LogP) is 4.17. The molecular formula is C12H11F3N2S. The third kappa shape index (κ3) is 2.20. The number of rotatable bonds is 1. The lowest BCUT2D eigenvalue weighted by atomic mass is 10.2. The van der Waals surface area contributed by atoms with Crippen molar-refractivity contribution in [1.82, 2.24) is 9.78 Å². The number of aryl methyl sites for hydroxylation is 1. The lowest BCUT2D eigenvalue weighted by Gasteiger charge is -2.05. The molecule has 1 heterocycles. The first kappa shape index (κ1) is 12.9. The number of hydrogen-bond donors (Lipinski definition) is 1. The van der Waals surface area contributed by atoms with Gasteiger partial charge in [0.1, 0.15) is 10.3 Å². The molecule has 0 bridgehead atoms. The first-order chi connectivity index (χ1) is 8.30. The van der Waals surface area contributed by atoms with Crippen molar-refractivity contribution in [3.05, 3.63) is 45.7 Å². The Morgan fingerprint density at radius 3 is 2.39 bits per heavy atom. The number of aromatic nitrogens is 2. The van der Waals surface area contributed by atoms with Crippen LogP contribution in [0.25, 0.3) is 5.69 Å². The Balaban J connectivity index is 2.64. The molecule has 0 spiro atoms. The quantitative estimate of drug-likeness (QED) is 0.773. The monoisotopic (exact) mass is 272 g/mol. The van der Waals surface area contributed by atoms with E-state index in [0.29, 0.717) is 5.69 Å². The molecule has 0 radical (unpaired) electrons. The van der Waals surface area contributed by atoms with E-state index >= 15 is 0 Å². The minimum Gasteiger partial charge on any atom is -0.288 e. The number of alkyl halides is 3. The zero-order chi connectivity index (χ0) is 13.5.